The van der Waals surface area contributed by atoms with E-state index in [4.69, 9.17) is 5.73 Å². The lowest BCUT2D eigenvalue weighted by molar-refractivity contribution is 0.481. The van der Waals surface area contributed by atoms with Crippen molar-refractivity contribution in [1.82, 2.24) is 0 Å². The number of hydrogen-bond donors (Lipinski definition) is 4. The molecule has 0 unspecified atom stereocenters. The van der Waals surface area contributed by atoms with E-state index in [9.17, 15) is 31.2 Å². The largest absolute Gasteiger partial charge is 0.389 e. The van der Waals surface area contributed by atoms with Crippen LogP contribution in [0, 0.1) is 11.3 Å². The summed E-state index contributed by atoms with van der Waals surface area (Å²) in [6.07, 6.45) is 0. The standard InChI is InChI=1S/C28H21N5O6S3/c29-15-23-26(18-9-11-19(12-10-18)31-16-17-5-2-1-3-6-17)28(40-27(23)30)33-32-20-13-22-21(25(14-20)42(37,38)39)7-4-8-24(22)41(34,35)36/h1-14,31H,16,30H2,(H,34,35,36)(H,37,38,39). The molecule has 0 fully saturated rings. The summed E-state index contributed by atoms with van der Waals surface area (Å²) in [5, 5.41) is 21.5. The Bertz CT molecular complexity index is 2100. The first-order valence-corrected chi connectivity index (χ1v) is 15.8. The molecule has 0 atom stereocenters. The maximum absolute atomic E-state index is 12.1. The first kappa shape index (κ1) is 28.9. The smallest absolute Gasteiger partial charge is 0.295 e. The fraction of sp³-hybridized carbons (Fsp3) is 0.0357. The Morgan fingerprint density at radius 2 is 1.52 bits per heavy atom. The van der Waals surface area contributed by atoms with Crippen LogP contribution < -0.4 is 11.1 Å². The minimum absolute atomic E-state index is 0.136. The molecule has 0 saturated carbocycles. The number of anilines is 2. The summed E-state index contributed by atoms with van der Waals surface area (Å²) in [7, 11) is -9.58. The number of hydrogen-bond acceptors (Lipinski definition) is 10. The van der Waals surface area contributed by atoms with Gasteiger partial charge < -0.3 is 11.1 Å². The van der Waals surface area contributed by atoms with Gasteiger partial charge in [0, 0.05) is 28.6 Å². The van der Waals surface area contributed by atoms with Crippen LogP contribution in [0.3, 0.4) is 0 Å². The molecule has 14 heteroatoms. The van der Waals surface area contributed by atoms with Gasteiger partial charge in [0.1, 0.15) is 25.9 Å². The molecule has 0 aliphatic rings. The van der Waals surface area contributed by atoms with Crippen LogP contribution in [0.15, 0.2) is 105 Å². The number of nitrogen functional groups attached to an aromatic ring is 1. The van der Waals surface area contributed by atoms with Crippen molar-refractivity contribution in [3.05, 3.63) is 96.1 Å². The van der Waals surface area contributed by atoms with Crippen molar-refractivity contribution in [3.8, 4) is 17.2 Å². The quantitative estimate of drug-likeness (QED) is 0.110. The molecule has 5 N–H and O–H groups in total. The fourth-order valence-corrected chi connectivity index (χ4v) is 6.63. The van der Waals surface area contributed by atoms with E-state index in [1.54, 1.807) is 12.1 Å². The third kappa shape index (κ3) is 6.00. The number of azo groups is 1. The molecule has 212 valence electrons. The number of thiophene rings is 1. The second-order valence-corrected chi connectivity index (χ2v) is 12.8. The van der Waals surface area contributed by atoms with Gasteiger partial charge in [-0.05, 0) is 41.5 Å². The van der Waals surface area contributed by atoms with Crippen molar-refractivity contribution < 1.29 is 25.9 Å². The summed E-state index contributed by atoms with van der Waals surface area (Å²) in [4.78, 5) is -1.20. The van der Waals surface area contributed by atoms with E-state index in [1.807, 2.05) is 42.5 Å². The lowest BCUT2D eigenvalue weighted by atomic mass is 10.0. The highest BCUT2D eigenvalue weighted by atomic mass is 32.2. The van der Waals surface area contributed by atoms with Gasteiger partial charge in [-0.15, -0.1) is 10.2 Å². The number of nitrogens with two attached hydrogens (primary N) is 1. The van der Waals surface area contributed by atoms with Crippen molar-refractivity contribution in [2.24, 2.45) is 10.2 Å². The van der Waals surface area contributed by atoms with Gasteiger partial charge in [0.05, 0.1) is 11.3 Å². The summed E-state index contributed by atoms with van der Waals surface area (Å²) >= 11 is 0.988. The summed E-state index contributed by atoms with van der Waals surface area (Å²) < 4.78 is 67.7. The lowest BCUT2D eigenvalue weighted by Gasteiger charge is -2.09. The monoisotopic (exact) mass is 619 g/mol. The van der Waals surface area contributed by atoms with E-state index in [1.165, 1.54) is 18.2 Å². The summed E-state index contributed by atoms with van der Waals surface area (Å²) in [6, 6.07) is 25.0. The average Bonchev–Trinajstić information content (AvgIpc) is 3.28. The van der Waals surface area contributed by atoms with Gasteiger partial charge in [0.25, 0.3) is 20.2 Å². The van der Waals surface area contributed by atoms with Crippen molar-refractivity contribution in [3.63, 3.8) is 0 Å². The molecule has 4 aromatic carbocycles. The van der Waals surface area contributed by atoms with Crippen molar-refractivity contribution in [1.29, 1.82) is 5.26 Å². The predicted octanol–water partition coefficient (Wildman–Crippen LogP) is 6.54. The van der Waals surface area contributed by atoms with E-state index in [0.717, 1.165) is 34.7 Å². The molecule has 0 aliphatic heterocycles. The van der Waals surface area contributed by atoms with Gasteiger partial charge in [-0.25, -0.2) is 0 Å². The summed E-state index contributed by atoms with van der Waals surface area (Å²) in [5.41, 5.74) is 9.14. The average molecular weight is 620 g/mol. The maximum atomic E-state index is 12.1. The Morgan fingerprint density at radius 1 is 0.833 bits per heavy atom. The van der Waals surface area contributed by atoms with Crippen LogP contribution in [0.2, 0.25) is 0 Å². The number of nitrogens with one attached hydrogen (secondary N) is 1. The van der Waals surface area contributed by atoms with Crippen molar-refractivity contribution in [2.75, 3.05) is 11.1 Å². The van der Waals surface area contributed by atoms with Crippen LogP contribution in [0.4, 0.5) is 21.4 Å². The Kier molecular flexibility index (Phi) is 7.78. The van der Waals surface area contributed by atoms with Gasteiger partial charge in [0.15, 0.2) is 0 Å². The molecular weight excluding hydrogens is 599 g/mol. The van der Waals surface area contributed by atoms with E-state index < -0.39 is 30.0 Å². The van der Waals surface area contributed by atoms with Crippen LogP contribution >= 0.6 is 11.3 Å². The van der Waals surface area contributed by atoms with Crippen molar-refractivity contribution >= 4 is 63.7 Å². The number of nitriles is 1. The second-order valence-electron chi connectivity index (χ2n) is 9.00. The van der Waals surface area contributed by atoms with Crippen LogP contribution in [-0.2, 0) is 26.8 Å². The molecule has 42 heavy (non-hydrogen) atoms. The van der Waals surface area contributed by atoms with Crippen LogP contribution in [-0.4, -0.2) is 25.9 Å². The molecule has 0 aliphatic carbocycles. The fourth-order valence-electron chi connectivity index (χ4n) is 4.35. The highest BCUT2D eigenvalue weighted by Gasteiger charge is 2.22. The summed E-state index contributed by atoms with van der Waals surface area (Å²) in [5.74, 6) is 0. The zero-order valence-corrected chi connectivity index (χ0v) is 23.9. The molecular formula is C28H21N5O6S3. The van der Waals surface area contributed by atoms with E-state index in [0.29, 0.717) is 17.7 Å². The molecule has 5 rings (SSSR count). The van der Waals surface area contributed by atoms with Gasteiger partial charge in [-0.1, -0.05) is 65.9 Å². The molecule has 0 radical (unpaired) electrons. The molecule has 0 bridgehead atoms. The number of benzene rings is 4. The van der Waals surface area contributed by atoms with Gasteiger partial charge in [-0.3, -0.25) is 9.11 Å². The van der Waals surface area contributed by atoms with Crippen LogP contribution in [0.1, 0.15) is 11.1 Å². The number of fused-ring (bicyclic) bond motifs is 1. The first-order valence-electron chi connectivity index (χ1n) is 12.1. The van der Waals surface area contributed by atoms with Crippen LogP contribution in [0.5, 0.6) is 0 Å². The molecule has 0 amide bonds. The SMILES string of the molecule is N#Cc1c(N)sc(N=Nc2cc(S(=O)(=O)O)c3cccc(S(=O)(=O)O)c3c2)c1-c1ccc(NCc2ccccc2)cc1. The summed E-state index contributed by atoms with van der Waals surface area (Å²) in [6.45, 7) is 0.616. The Hall–Kier alpha value is -4.65. The van der Waals surface area contributed by atoms with Crippen molar-refractivity contribution in [2.45, 2.75) is 16.3 Å². The minimum atomic E-state index is -4.83. The van der Waals surface area contributed by atoms with E-state index >= 15 is 0 Å². The zero-order chi connectivity index (χ0) is 30.1. The molecule has 1 heterocycles. The third-order valence-electron chi connectivity index (χ3n) is 6.26. The zero-order valence-electron chi connectivity index (χ0n) is 21.5. The second kappa shape index (κ2) is 11.3. The number of nitrogens with zero attached hydrogens (tertiary/aromatic N) is 3. The normalized spacial score (nSPS) is 12.0. The lowest BCUT2D eigenvalue weighted by Crippen LogP contribution is -2.03. The van der Waals surface area contributed by atoms with Gasteiger partial charge in [0.2, 0.25) is 0 Å². The Labute approximate surface area is 245 Å². The van der Waals surface area contributed by atoms with Crippen LogP contribution in [0.25, 0.3) is 21.9 Å². The molecule has 1 aromatic heterocycles. The highest BCUT2D eigenvalue weighted by molar-refractivity contribution is 7.86. The molecule has 5 aromatic rings. The third-order valence-corrected chi connectivity index (χ3v) is 8.97. The highest BCUT2D eigenvalue weighted by Crippen LogP contribution is 2.45. The first-order chi connectivity index (χ1) is 20.0. The molecule has 11 nitrogen and oxygen atoms in total. The predicted molar refractivity (Wildman–Crippen MR) is 160 cm³/mol. The van der Waals surface area contributed by atoms with E-state index in [2.05, 4.69) is 21.6 Å². The minimum Gasteiger partial charge on any atom is -0.389 e. The number of rotatable bonds is 8. The Balaban J connectivity index is 1.55. The molecule has 0 saturated heterocycles. The maximum Gasteiger partial charge on any atom is 0.295 e. The van der Waals surface area contributed by atoms with Gasteiger partial charge >= 0.3 is 0 Å². The van der Waals surface area contributed by atoms with E-state index in [-0.39, 0.29) is 32.0 Å². The van der Waals surface area contributed by atoms with Gasteiger partial charge in [-0.2, -0.15) is 22.1 Å². The molecule has 0 spiro atoms. The Morgan fingerprint density at radius 3 is 2.17 bits per heavy atom. The topological polar surface area (TPSA) is 195 Å².